The number of hydrogen-bond acceptors (Lipinski definition) is 2. The molecular formula is C14H17FO2. The summed E-state index contributed by atoms with van der Waals surface area (Å²) in [6.45, 7) is 4.50. The highest BCUT2D eigenvalue weighted by Gasteiger charge is 2.05. The highest BCUT2D eigenvalue weighted by atomic mass is 19.1. The Kier molecular flexibility index (Phi) is 5.51. The Morgan fingerprint density at radius 2 is 2.24 bits per heavy atom. The van der Waals surface area contributed by atoms with Crippen LogP contribution in [0.25, 0.3) is 0 Å². The van der Waals surface area contributed by atoms with E-state index in [4.69, 9.17) is 9.84 Å². The Morgan fingerprint density at radius 1 is 1.47 bits per heavy atom. The van der Waals surface area contributed by atoms with E-state index in [1.54, 1.807) is 6.07 Å². The monoisotopic (exact) mass is 236 g/mol. The summed E-state index contributed by atoms with van der Waals surface area (Å²) < 4.78 is 18.6. The fourth-order valence-corrected chi connectivity index (χ4v) is 1.21. The van der Waals surface area contributed by atoms with Crippen molar-refractivity contribution in [2.24, 2.45) is 5.92 Å². The number of rotatable bonds is 4. The van der Waals surface area contributed by atoms with E-state index in [1.165, 1.54) is 12.1 Å². The first-order valence-electron chi connectivity index (χ1n) is 5.69. The van der Waals surface area contributed by atoms with Crippen LogP contribution >= 0.6 is 0 Å². The molecule has 0 aliphatic heterocycles. The van der Waals surface area contributed by atoms with E-state index in [2.05, 4.69) is 25.7 Å². The first-order chi connectivity index (χ1) is 8.17. The molecule has 0 aromatic heterocycles. The van der Waals surface area contributed by atoms with Gasteiger partial charge in [-0.1, -0.05) is 32.1 Å². The standard InChI is InChI=1S/C14H17FO2/c1-3-11(2)10-17-14-7-6-13(15)9-12(14)5-4-8-16/h6-7,9,11,16H,3,8,10H2,1-2H3. The number of halogens is 1. The minimum absolute atomic E-state index is 0.249. The average Bonchev–Trinajstić information content (AvgIpc) is 2.34. The molecule has 0 saturated carbocycles. The lowest BCUT2D eigenvalue weighted by Crippen LogP contribution is -2.08. The van der Waals surface area contributed by atoms with Gasteiger partial charge < -0.3 is 9.84 Å². The molecule has 0 saturated heterocycles. The Morgan fingerprint density at radius 3 is 2.88 bits per heavy atom. The summed E-state index contributed by atoms with van der Waals surface area (Å²) in [4.78, 5) is 0. The number of ether oxygens (including phenoxy) is 1. The molecular weight excluding hydrogens is 219 g/mol. The van der Waals surface area contributed by atoms with Gasteiger partial charge in [0, 0.05) is 0 Å². The Bertz CT molecular complexity index is 418. The van der Waals surface area contributed by atoms with Gasteiger partial charge in [-0.15, -0.1) is 0 Å². The summed E-state index contributed by atoms with van der Waals surface area (Å²) >= 11 is 0. The van der Waals surface area contributed by atoms with Gasteiger partial charge in [0.1, 0.15) is 18.2 Å². The normalized spacial score (nSPS) is 11.5. The maximum absolute atomic E-state index is 13.1. The minimum Gasteiger partial charge on any atom is -0.492 e. The fourth-order valence-electron chi connectivity index (χ4n) is 1.21. The van der Waals surface area contributed by atoms with E-state index in [1.807, 2.05) is 0 Å². The molecule has 0 aliphatic carbocycles. The second-order valence-electron chi connectivity index (χ2n) is 3.92. The highest BCUT2D eigenvalue weighted by Crippen LogP contribution is 2.19. The zero-order valence-corrected chi connectivity index (χ0v) is 10.2. The highest BCUT2D eigenvalue weighted by molar-refractivity contribution is 5.46. The first kappa shape index (κ1) is 13.5. The molecule has 1 aromatic rings. The summed E-state index contributed by atoms with van der Waals surface area (Å²) in [5, 5.41) is 8.64. The summed E-state index contributed by atoms with van der Waals surface area (Å²) in [7, 11) is 0. The number of benzene rings is 1. The van der Waals surface area contributed by atoms with Gasteiger partial charge in [0.2, 0.25) is 0 Å². The quantitative estimate of drug-likeness (QED) is 0.814. The van der Waals surface area contributed by atoms with E-state index >= 15 is 0 Å². The Hall–Kier alpha value is -1.53. The molecule has 0 fully saturated rings. The van der Waals surface area contributed by atoms with Crippen LogP contribution in [0.4, 0.5) is 4.39 Å². The second kappa shape index (κ2) is 6.93. The van der Waals surface area contributed by atoms with Crippen molar-refractivity contribution in [3.63, 3.8) is 0 Å². The van der Waals surface area contributed by atoms with Crippen LogP contribution < -0.4 is 4.74 Å². The van der Waals surface area contributed by atoms with E-state index in [-0.39, 0.29) is 12.4 Å². The van der Waals surface area contributed by atoms with Crippen molar-refractivity contribution >= 4 is 0 Å². The van der Waals surface area contributed by atoms with Gasteiger partial charge in [-0.25, -0.2) is 4.39 Å². The lowest BCUT2D eigenvalue weighted by Gasteiger charge is -2.12. The van der Waals surface area contributed by atoms with Gasteiger partial charge in [0.05, 0.1) is 12.2 Å². The number of aliphatic hydroxyl groups is 1. The van der Waals surface area contributed by atoms with E-state index in [0.29, 0.717) is 23.8 Å². The largest absolute Gasteiger partial charge is 0.492 e. The van der Waals surface area contributed by atoms with E-state index < -0.39 is 0 Å². The van der Waals surface area contributed by atoms with Gasteiger partial charge in [-0.05, 0) is 24.1 Å². The molecule has 0 heterocycles. The zero-order chi connectivity index (χ0) is 12.7. The van der Waals surface area contributed by atoms with Crippen LogP contribution in [0, 0.1) is 23.6 Å². The minimum atomic E-state index is -0.358. The molecule has 0 amide bonds. The van der Waals surface area contributed by atoms with Crippen LogP contribution in [0.5, 0.6) is 5.75 Å². The topological polar surface area (TPSA) is 29.5 Å². The molecule has 1 unspecified atom stereocenters. The molecule has 1 aromatic carbocycles. The van der Waals surface area contributed by atoms with Gasteiger partial charge in [-0.3, -0.25) is 0 Å². The van der Waals surface area contributed by atoms with Crippen molar-refractivity contribution in [1.82, 2.24) is 0 Å². The molecule has 0 aliphatic rings. The smallest absolute Gasteiger partial charge is 0.135 e. The third kappa shape index (κ3) is 4.46. The molecule has 92 valence electrons. The van der Waals surface area contributed by atoms with Crippen molar-refractivity contribution in [1.29, 1.82) is 0 Å². The average molecular weight is 236 g/mol. The SMILES string of the molecule is CCC(C)COc1ccc(F)cc1C#CCO. The molecule has 0 radical (unpaired) electrons. The van der Waals surface area contributed by atoms with Crippen LogP contribution in [-0.4, -0.2) is 18.3 Å². The van der Waals surface area contributed by atoms with Gasteiger partial charge >= 0.3 is 0 Å². The maximum Gasteiger partial charge on any atom is 0.135 e. The summed E-state index contributed by atoms with van der Waals surface area (Å²) in [6.07, 6.45) is 1.03. The third-order valence-electron chi connectivity index (χ3n) is 2.46. The van der Waals surface area contributed by atoms with Crippen LogP contribution in [0.15, 0.2) is 18.2 Å². The second-order valence-corrected chi connectivity index (χ2v) is 3.92. The number of aliphatic hydroxyl groups excluding tert-OH is 1. The predicted molar refractivity (Wildman–Crippen MR) is 65.3 cm³/mol. The third-order valence-corrected chi connectivity index (χ3v) is 2.46. The lowest BCUT2D eigenvalue weighted by molar-refractivity contribution is 0.255. The van der Waals surface area contributed by atoms with E-state index in [9.17, 15) is 4.39 Å². The van der Waals surface area contributed by atoms with Crippen LogP contribution in [0.1, 0.15) is 25.8 Å². The van der Waals surface area contributed by atoms with Crippen LogP contribution in [0.2, 0.25) is 0 Å². The molecule has 1 rings (SSSR count). The van der Waals surface area contributed by atoms with Crippen molar-refractivity contribution in [3.8, 4) is 17.6 Å². The lowest BCUT2D eigenvalue weighted by atomic mass is 10.1. The molecule has 0 spiro atoms. The fraction of sp³-hybridized carbons (Fsp3) is 0.429. The Labute approximate surface area is 101 Å². The van der Waals surface area contributed by atoms with Crippen LogP contribution in [-0.2, 0) is 0 Å². The summed E-state index contributed by atoms with van der Waals surface area (Å²) in [5.74, 6) is 5.82. The Balaban J connectivity index is 2.82. The van der Waals surface area contributed by atoms with Gasteiger partial charge in [0.25, 0.3) is 0 Å². The van der Waals surface area contributed by atoms with Crippen molar-refractivity contribution in [3.05, 3.63) is 29.6 Å². The zero-order valence-electron chi connectivity index (χ0n) is 10.2. The van der Waals surface area contributed by atoms with Gasteiger partial charge in [-0.2, -0.15) is 0 Å². The first-order valence-corrected chi connectivity index (χ1v) is 5.69. The van der Waals surface area contributed by atoms with E-state index in [0.717, 1.165) is 6.42 Å². The predicted octanol–water partition coefficient (Wildman–Crippen LogP) is 2.59. The summed E-state index contributed by atoms with van der Waals surface area (Å²) in [5.41, 5.74) is 0.474. The molecule has 2 nitrogen and oxygen atoms in total. The van der Waals surface area contributed by atoms with Crippen molar-refractivity contribution in [2.75, 3.05) is 13.2 Å². The molecule has 3 heteroatoms. The van der Waals surface area contributed by atoms with Gasteiger partial charge in [0.15, 0.2) is 0 Å². The maximum atomic E-state index is 13.1. The number of hydrogen-bond donors (Lipinski definition) is 1. The molecule has 17 heavy (non-hydrogen) atoms. The van der Waals surface area contributed by atoms with Crippen molar-refractivity contribution < 1.29 is 14.2 Å². The molecule has 0 bridgehead atoms. The molecule has 1 atom stereocenters. The van der Waals surface area contributed by atoms with Crippen molar-refractivity contribution in [2.45, 2.75) is 20.3 Å². The summed E-state index contributed by atoms with van der Waals surface area (Å²) in [6, 6.07) is 4.23. The molecule has 1 N–H and O–H groups in total. The van der Waals surface area contributed by atoms with Crippen LogP contribution in [0.3, 0.4) is 0 Å².